The minimum Gasteiger partial charge on any atom is -0.352 e. The molecule has 3 N–H and O–H groups in total. The second kappa shape index (κ2) is 5.44. The molecule has 5 heteroatoms. The number of nitrogens with one attached hydrogen (secondary N) is 1. The fourth-order valence-electron chi connectivity index (χ4n) is 2.30. The van der Waals surface area contributed by atoms with Crippen LogP contribution in [0.4, 0.5) is 8.78 Å². The molecule has 0 bridgehead atoms. The van der Waals surface area contributed by atoms with E-state index in [4.69, 9.17) is 5.73 Å². The number of hydrogen-bond acceptors (Lipinski definition) is 2. The molecule has 1 aliphatic carbocycles. The summed E-state index contributed by atoms with van der Waals surface area (Å²) in [6, 6.07) is 3.14. The van der Waals surface area contributed by atoms with Gasteiger partial charge in [-0.05, 0) is 37.3 Å². The van der Waals surface area contributed by atoms with E-state index >= 15 is 0 Å². The van der Waals surface area contributed by atoms with Gasteiger partial charge in [0, 0.05) is 18.7 Å². The summed E-state index contributed by atoms with van der Waals surface area (Å²) in [6.07, 6.45) is 2.82. The summed E-state index contributed by atoms with van der Waals surface area (Å²) in [5.41, 5.74) is 5.64. The largest absolute Gasteiger partial charge is 0.352 e. The van der Waals surface area contributed by atoms with Gasteiger partial charge < -0.3 is 11.1 Å². The van der Waals surface area contributed by atoms with Gasteiger partial charge in [-0.2, -0.15) is 0 Å². The van der Waals surface area contributed by atoms with Crippen molar-refractivity contribution in [3.05, 3.63) is 35.4 Å². The van der Waals surface area contributed by atoms with Crippen molar-refractivity contribution in [3.63, 3.8) is 0 Å². The topological polar surface area (TPSA) is 55.1 Å². The van der Waals surface area contributed by atoms with Gasteiger partial charge in [-0.1, -0.05) is 0 Å². The maximum atomic E-state index is 13.3. The Labute approximate surface area is 104 Å². The molecule has 3 nitrogen and oxygen atoms in total. The molecule has 0 heterocycles. The van der Waals surface area contributed by atoms with E-state index in [2.05, 4.69) is 5.32 Å². The SMILES string of the molecule is NC1CCC(CNC(=O)c2ccc(F)cc2F)C1. The summed E-state index contributed by atoms with van der Waals surface area (Å²) >= 11 is 0. The number of nitrogens with two attached hydrogens (primary N) is 1. The molecule has 1 aromatic carbocycles. The number of hydrogen-bond donors (Lipinski definition) is 2. The van der Waals surface area contributed by atoms with Gasteiger partial charge in [-0.3, -0.25) is 4.79 Å². The molecule has 1 aromatic rings. The van der Waals surface area contributed by atoms with Crippen molar-refractivity contribution in [2.45, 2.75) is 25.3 Å². The molecule has 0 spiro atoms. The highest BCUT2D eigenvalue weighted by molar-refractivity contribution is 5.94. The van der Waals surface area contributed by atoms with Crippen LogP contribution in [-0.2, 0) is 0 Å². The normalized spacial score (nSPS) is 23.1. The van der Waals surface area contributed by atoms with E-state index in [-0.39, 0.29) is 11.6 Å². The predicted octanol–water partition coefficient (Wildman–Crippen LogP) is 1.82. The molecule has 0 saturated heterocycles. The number of carbonyl (C=O) groups excluding carboxylic acids is 1. The fraction of sp³-hybridized carbons (Fsp3) is 0.462. The molecular weight excluding hydrogens is 238 g/mol. The summed E-state index contributed by atoms with van der Waals surface area (Å²) in [5.74, 6) is -1.68. The molecule has 2 unspecified atom stereocenters. The fourth-order valence-corrected chi connectivity index (χ4v) is 2.30. The van der Waals surface area contributed by atoms with Crippen molar-refractivity contribution in [2.75, 3.05) is 6.54 Å². The average Bonchev–Trinajstić information content (AvgIpc) is 2.72. The molecule has 1 fully saturated rings. The highest BCUT2D eigenvalue weighted by Gasteiger charge is 2.22. The van der Waals surface area contributed by atoms with Crippen LogP contribution < -0.4 is 11.1 Å². The van der Waals surface area contributed by atoms with Crippen molar-refractivity contribution in [2.24, 2.45) is 11.7 Å². The highest BCUT2D eigenvalue weighted by atomic mass is 19.1. The first-order valence-corrected chi connectivity index (χ1v) is 6.05. The molecule has 0 aromatic heterocycles. The summed E-state index contributed by atoms with van der Waals surface area (Å²) in [6.45, 7) is 0.489. The van der Waals surface area contributed by atoms with Gasteiger partial charge in [0.2, 0.25) is 0 Å². The Morgan fingerprint density at radius 3 is 2.78 bits per heavy atom. The van der Waals surface area contributed by atoms with Crippen LogP contribution in [0.1, 0.15) is 29.6 Å². The number of halogens is 2. The van der Waals surface area contributed by atoms with Crippen LogP contribution in [0.2, 0.25) is 0 Å². The number of benzene rings is 1. The molecule has 0 radical (unpaired) electrons. The maximum Gasteiger partial charge on any atom is 0.254 e. The van der Waals surface area contributed by atoms with E-state index < -0.39 is 17.5 Å². The number of rotatable bonds is 3. The summed E-state index contributed by atoms with van der Waals surface area (Å²) in [4.78, 5) is 11.7. The Bertz CT molecular complexity index is 451. The third kappa shape index (κ3) is 3.04. The van der Waals surface area contributed by atoms with Crippen LogP contribution in [-0.4, -0.2) is 18.5 Å². The van der Waals surface area contributed by atoms with Crippen molar-refractivity contribution < 1.29 is 13.6 Å². The van der Waals surface area contributed by atoms with E-state index in [1.807, 2.05) is 0 Å². The lowest BCUT2D eigenvalue weighted by atomic mass is 10.1. The first kappa shape index (κ1) is 13.0. The van der Waals surface area contributed by atoms with Crippen LogP contribution in [0.25, 0.3) is 0 Å². The third-order valence-electron chi connectivity index (χ3n) is 3.31. The van der Waals surface area contributed by atoms with Crippen molar-refractivity contribution >= 4 is 5.91 Å². The Balaban J connectivity index is 1.91. The molecule has 2 rings (SSSR count). The molecule has 2 atom stereocenters. The summed E-state index contributed by atoms with van der Waals surface area (Å²) < 4.78 is 26.0. The molecule has 1 aliphatic rings. The van der Waals surface area contributed by atoms with Gasteiger partial charge in [0.1, 0.15) is 11.6 Å². The lowest BCUT2D eigenvalue weighted by Crippen LogP contribution is -2.29. The van der Waals surface area contributed by atoms with E-state index in [0.29, 0.717) is 18.5 Å². The van der Waals surface area contributed by atoms with Crippen LogP contribution >= 0.6 is 0 Å². The third-order valence-corrected chi connectivity index (χ3v) is 3.31. The zero-order valence-corrected chi connectivity index (χ0v) is 9.96. The zero-order valence-electron chi connectivity index (χ0n) is 9.96. The second-order valence-corrected chi connectivity index (χ2v) is 4.77. The van der Waals surface area contributed by atoms with Crippen LogP contribution in [0.15, 0.2) is 18.2 Å². The van der Waals surface area contributed by atoms with Gasteiger partial charge in [-0.15, -0.1) is 0 Å². The first-order chi connectivity index (χ1) is 8.56. The molecule has 1 amide bonds. The highest BCUT2D eigenvalue weighted by Crippen LogP contribution is 2.23. The molecule has 98 valence electrons. The Hall–Kier alpha value is -1.49. The average molecular weight is 254 g/mol. The van der Waals surface area contributed by atoms with Gasteiger partial charge >= 0.3 is 0 Å². The van der Waals surface area contributed by atoms with Crippen molar-refractivity contribution in [1.29, 1.82) is 0 Å². The summed E-state index contributed by atoms with van der Waals surface area (Å²) in [5, 5.41) is 2.66. The Kier molecular flexibility index (Phi) is 3.91. The van der Waals surface area contributed by atoms with Gasteiger partial charge in [0.05, 0.1) is 5.56 Å². The smallest absolute Gasteiger partial charge is 0.254 e. The number of amides is 1. The van der Waals surface area contributed by atoms with E-state index in [0.717, 1.165) is 31.4 Å². The van der Waals surface area contributed by atoms with Gasteiger partial charge in [-0.25, -0.2) is 8.78 Å². The van der Waals surface area contributed by atoms with Crippen molar-refractivity contribution in [3.8, 4) is 0 Å². The lowest BCUT2D eigenvalue weighted by molar-refractivity contribution is 0.0943. The van der Waals surface area contributed by atoms with Gasteiger partial charge in [0.15, 0.2) is 0 Å². The predicted molar refractivity (Wildman–Crippen MR) is 64.0 cm³/mol. The minimum absolute atomic E-state index is 0.126. The Morgan fingerprint density at radius 2 is 2.17 bits per heavy atom. The van der Waals surface area contributed by atoms with Crippen LogP contribution in [0, 0.1) is 17.6 Å². The molecule has 0 aliphatic heterocycles. The van der Waals surface area contributed by atoms with Gasteiger partial charge in [0.25, 0.3) is 5.91 Å². The lowest BCUT2D eigenvalue weighted by Gasteiger charge is -2.11. The zero-order chi connectivity index (χ0) is 13.1. The molecule has 18 heavy (non-hydrogen) atoms. The quantitative estimate of drug-likeness (QED) is 0.864. The Morgan fingerprint density at radius 1 is 1.39 bits per heavy atom. The monoisotopic (exact) mass is 254 g/mol. The standard InChI is InChI=1S/C13H16F2N2O/c14-9-2-4-11(12(15)6-9)13(18)17-7-8-1-3-10(16)5-8/h2,4,6,8,10H,1,3,5,7,16H2,(H,17,18). The second-order valence-electron chi connectivity index (χ2n) is 4.77. The summed E-state index contributed by atoms with van der Waals surface area (Å²) in [7, 11) is 0. The van der Waals surface area contributed by atoms with Crippen molar-refractivity contribution in [1.82, 2.24) is 5.32 Å². The van der Waals surface area contributed by atoms with E-state index in [1.165, 1.54) is 0 Å². The van der Waals surface area contributed by atoms with Crippen LogP contribution in [0.5, 0.6) is 0 Å². The van der Waals surface area contributed by atoms with Crippen LogP contribution in [0.3, 0.4) is 0 Å². The molecular formula is C13H16F2N2O. The number of carbonyl (C=O) groups is 1. The van der Waals surface area contributed by atoms with E-state index in [1.54, 1.807) is 0 Å². The molecule has 1 saturated carbocycles. The van der Waals surface area contributed by atoms with E-state index in [9.17, 15) is 13.6 Å². The maximum absolute atomic E-state index is 13.3. The first-order valence-electron chi connectivity index (χ1n) is 6.05. The minimum atomic E-state index is -0.837.